The highest BCUT2D eigenvalue weighted by molar-refractivity contribution is 7.12. The molecular weight excluding hydrogens is 394 g/mol. The summed E-state index contributed by atoms with van der Waals surface area (Å²) in [6, 6.07) is 18.2. The molecule has 1 amide bonds. The molecule has 0 aliphatic carbocycles. The van der Waals surface area contributed by atoms with Crippen LogP contribution in [0.2, 0.25) is 0 Å². The van der Waals surface area contributed by atoms with Crippen molar-refractivity contribution in [2.75, 3.05) is 33.3 Å². The minimum absolute atomic E-state index is 0.0242. The number of likely N-dealkylation sites (N-methyl/N-ethyl adjacent to an activating group) is 1. The highest BCUT2D eigenvalue weighted by Crippen LogP contribution is 2.25. The molecule has 156 valence electrons. The summed E-state index contributed by atoms with van der Waals surface area (Å²) >= 11 is 1.43. The Morgan fingerprint density at radius 2 is 1.90 bits per heavy atom. The third-order valence-corrected chi connectivity index (χ3v) is 6.27. The lowest BCUT2D eigenvalue weighted by atomic mass is 10.1. The molecule has 4 rings (SSSR count). The fraction of sp³-hybridized carbons (Fsp3) is 0.333. The second kappa shape index (κ2) is 9.41. The first-order chi connectivity index (χ1) is 14.6. The van der Waals surface area contributed by atoms with E-state index in [2.05, 4.69) is 48.1 Å². The molecule has 30 heavy (non-hydrogen) atoms. The molecule has 0 saturated carbocycles. The molecule has 1 saturated heterocycles. The van der Waals surface area contributed by atoms with Crippen molar-refractivity contribution in [1.29, 1.82) is 0 Å². The molecule has 3 aromatic rings. The minimum atomic E-state index is 0.0242. The molecule has 1 atom stereocenters. The van der Waals surface area contributed by atoms with Gasteiger partial charge in [-0.1, -0.05) is 48.0 Å². The van der Waals surface area contributed by atoms with Crippen molar-refractivity contribution in [3.8, 4) is 17.0 Å². The topological polar surface area (TPSA) is 45.7 Å². The van der Waals surface area contributed by atoms with Gasteiger partial charge < -0.3 is 14.5 Å². The molecule has 0 spiro atoms. The third-order valence-electron chi connectivity index (χ3n) is 5.44. The fourth-order valence-electron chi connectivity index (χ4n) is 3.71. The molecule has 1 aliphatic heterocycles. The number of nitrogens with zero attached hydrogens (tertiary/aromatic N) is 3. The van der Waals surface area contributed by atoms with E-state index in [1.165, 1.54) is 16.9 Å². The number of para-hydroxylation sites is 1. The van der Waals surface area contributed by atoms with E-state index in [0.717, 1.165) is 36.5 Å². The molecule has 0 radical (unpaired) electrons. The van der Waals surface area contributed by atoms with E-state index in [1.807, 2.05) is 40.6 Å². The van der Waals surface area contributed by atoms with Crippen LogP contribution in [-0.4, -0.2) is 60.0 Å². The van der Waals surface area contributed by atoms with Crippen LogP contribution in [0.25, 0.3) is 11.3 Å². The zero-order chi connectivity index (χ0) is 20.9. The molecule has 0 unspecified atom stereocenters. The van der Waals surface area contributed by atoms with Crippen LogP contribution in [0.1, 0.15) is 21.8 Å². The fourth-order valence-corrected chi connectivity index (χ4v) is 4.49. The maximum absolute atomic E-state index is 13.3. The molecule has 1 aliphatic rings. The molecule has 5 nitrogen and oxygen atoms in total. The van der Waals surface area contributed by atoms with Crippen molar-refractivity contribution in [3.05, 3.63) is 70.5 Å². The van der Waals surface area contributed by atoms with Gasteiger partial charge in [-0.05, 0) is 26.1 Å². The van der Waals surface area contributed by atoms with Gasteiger partial charge in [-0.25, -0.2) is 4.98 Å². The van der Waals surface area contributed by atoms with E-state index in [9.17, 15) is 4.79 Å². The first kappa shape index (κ1) is 20.6. The van der Waals surface area contributed by atoms with Crippen molar-refractivity contribution in [2.45, 2.75) is 19.4 Å². The van der Waals surface area contributed by atoms with Crippen LogP contribution >= 0.6 is 11.3 Å². The second-order valence-electron chi connectivity index (χ2n) is 7.77. The highest BCUT2D eigenvalue weighted by atomic mass is 32.1. The quantitative estimate of drug-likeness (QED) is 0.594. The Bertz CT molecular complexity index is 972. The number of carbonyl (C=O) groups is 1. The van der Waals surface area contributed by atoms with Gasteiger partial charge in [0.2, 0.25) is 0 Å². The molecule has 0 N–H and O–H groups in total. The van der Waals surface area contributed by atoms with Crippen LogP contribution in [0, 0.1) is 6.92 Å². The Morgan fingerprint density at radius 1 is 1.13 bits per heavy atom. The molecule has 1 aromatic heterocycles. The Balaban J connectivity index is 1.43. The average molecular weight is 422 g/mol. The number of hydrogen-bond donors (Lipinski definition) is 0. The Morgan fingerprint density at radius 3 is 2.67 bits per heavy atom. The SMILES string of the molecule is Cc1ccc(-c2csc(C(=O)N3CCN(C)C[C@@H]3CCOc3ccccc3)n2)cc1. The van der Waals surface area contributed by atoms with E-state index in [0.29, 0.717) is 18.2 Å². The molecule has 2 aromatic carbocycles. The number of aromatic nitrogens is 1. The maximum Gasteiger partial charge on any atom is 0.283 e. The smallest absolute Gasteiger partial charge is 0.283 e. The van der Waals surface area contributed by atoms with E-state index < -0.39 is 0 Å². The van der Waals surface area contributed by atoms with Crippen LogP contribution < -0.4 is 4.74 Å². The predicted molar refractivity (Wildman–Crippen MR) is 121 cm³/mol. The number of piperazine rings is 1. The summed E-state index contributed by atoms with van der Waals surface area (Å²) in [4.78, 5) is 22.2. The van der Waals surface area contributed by atoms with Crippen LogP contribution in [0.3, 0.4) is 0 Å². The lowest BCUT2D eigenvalue weighted by Crippen LogP contribution is -2.54. The van der Waals surface area contributed by atoms with Gasteiger partial charge in [0.1, 0.15) is 5.75 Å². The summed E-state index contributed by atoms with van der Waals surface area (Å²) in [7, 11) is 2.10. The monoisotopic (exact) mass is 421 g/mol. The van der Waals surface area contributed by atoms with Crippen molar-refractivity contribution >= 4 is 17.2 Å². The minimum Gasteiger partial charge on any atom is -0.494 e. The second-order valence-corrected chi connectivity index (χ2v) is 8.63. The maximum atomic E-state index is 13.3. The number of rotatable bonds is 6. The largest absolute Gasteiger partial charge is 0.494 e. The van der Waals surface area contributed by atoms with Crippen molar-refractivity contribution in [1.82, 2.24) is 14.8 Å². The predicted octanol–water partition coefficient (Wildman–Crippen LogP) is 4.34. The van der Waals surface area contributed by atoms with Gasteiger partial charge in [-0.15, -0.1) is 11.3 Å². The summed E-state index contributed by atoms with van der Waals surface area (Å²) in [6.07, 6.45) is 0.793. The van der Waals surface area contributed by atoms with Crippen LogP contribution in [0.15, 0.2) is 60.0 Å². The van der Waals surface area contributed by atoms with Crippen molar-refractivity contribution in [2.24, 2.45) is 0 Å². The zero-order valence-corrected chi connectivity index (χ0v) is 18.3. The molecule has 1 fully saturated rings. The summed E-state index contributed by atoms with van der Waals surface area (Å²) < 4.78 is 5.88. The van der Waals surface area contributed by atoms with E-state index in [-0.39, 0.29) is 11.9 Å². The number of hydrogen-bond acceptors (Lipinski definition) is 5. The number of aryl methyl sites for hydroxylation is 1. The standard InChI is InChI=1S/C24H27N3O2S/c1-18-8-10-19(11-9-18)22-17-30-23(25-22)24(28)27-14-13-26(2)16-20(27)12-15-29-21-6-4-3-5-7-21/h3-11,17,20H,12-16H2,1-2H3/t20-/m0/s1. The normalized spacial score (nSPS) is 17.1. The van der Waals surface area contributed by atoms with Crippen molar-refractivity contribution in [3.63, 3.8) is 0 Å². The molecule has 2 heterocycles. The number of ether oxygens (including phenoxy) is 1. The number of amides is 1. The van der Waals surface area contributed by atoms with Crippen LogP contribution in [0.4, 0.5) is 0 Å². The molecule has 6 heteroatoms. The van der Waals surface area contributed by atoms with E-state index in [4.69, 9.17) is 4.74 Å². The zero-order valence-electron chi connectivity index (χ0n) is 17.5. The summed E-state index contributed by atoms with van der Waals surface area (Å²) in [5, 5.41) is 2.53. The molecule has 0 bridgehead atoms. The van der Waals surface area contributed by atoms with Gasteiger partial charge in [-0.2, -0.15) is 0 Å². The lowest BCUT2D eigenvalue weighted by molar-refractivity contribution is 0.0456. The van der Waals surface area contributed by atoms with Gasteiger partial charge in [0.15, 0.2) is 5.01 Å². The number of benzene rings is 2. The van der Waals surface area contributed by atoms with Gasteiger partial charge in [0, 0.05) is 43.0 Å². The van der Waals surface area contributed by atoms with Gasteiger partial charge >= 0.3 is 0 Å². The van der Waals surface area contributed by atoms with E-state index >= 15 is 0 Å². The molecular formula is C24H27N3O2S. The first-order valence-electron chi connectivity index (χ1n) is 10.3. The number of carbonyl (C=O) groups excluding carboxylic acids is 1. The van der Waals surface area contributed by atoms with Gasteiger partial charge in [0.25, 0.3) is 5.91 Å². The van der Waals surface area contributed by atoms with Crippen LogP contribution in [0.5, 0.6) is 5.75 Å². The van der Waals surface area contributed by atoms with Crippen molar-refractivity contribution < 1.29 is 9.53 Å². The highest BCUT2D eigenvalue weighted by Gasteiger charge is 2.31. The van der Waals surface area contributed by atoms with Gasteiger partial charge in [0.05, 0.1) is 12.3 Å². The lowest BCUT2D eigenvalue weighted by Gasteiger charge is -2.39. The van der Waals surface area contributed by atoms with Crippen LogP contribution in [-0.2, 0) is 0 Å². The summed E-state index contributed by atoms with van der Waals surface area (Å²) in [5.41, 5.74) is 3.12. The summed E-state index contributed by atoms with van der Waals surface area (Å²) in [6.45, 7) is 5.08. The average Bonchev–Trinajstić information content (AvgIpc) is 3.25. The summed E-state index contributed by atoms with van der Waals surface area (Å²) in [5.74, 6) is 0.887. The van der Waals surface area contributed by atoms with E-state index in [1.54, 1.807) is 0 Å². The Labute approximate surface area is 181 Å². The Kier molecular flexibility index (Phi) is 6.45. The Hall–Kier alpha value is -2.70. The third kappa shape index (κ3) is 4.89. The first-order valence-corrected chi connectivity index (χ1v) is 11.2. The van der Waals surface area contributed by atoms with Gasteiger partial charge in [-0.3, -0.25) is 4.79 Å². The number of thiazole rings is 1.